The lowest BCUT2D eigenvalue weighted by Gasteiger charge is -2.21. The molecule has 21 heavy (non-hydrogen) atoms. The van der Waals surface area contributed by atoms with Gasteiger partial charge in [0.1, 0.15) is 0 Å². The van der Waals surface area contributed by atoms with Crippen LogP contribution in [0.25, 0.3) is 0 Å². The highest BCUT2D eigenvalue weighted by molar-refractivity contribution is 5.92. The summed E-state index contributed by atoms with van der Waals surface area (Å²) in [5, 5.41) is 14.4. The summed E-state index contributed by atoms with van der Waals surface area (Å²) in [6.07, 6.45) is 0. The van der Waals surface area contributed by atoms with Gasteiger partial charge in [0.15, 0.2) is 0 Å². The number of carboxylic acids is 1. The summed E-state index contributed by atoms with van der Waals surface area (Å²) < 4.78 is 0. The fourth-order valence-corrected chi connectivity index (χ4v) is 1.71. The van der Waals surface area contributed by atoms with E-state index in [1.165, 1.54) is 12.1 Å². The van der Waals surface area contributed by atoms with E-state index in [1.807, 2.05) is 7.05 Å². The van der Waals surface area contributed by atoms with Gasteiger partial charge >= 0.3 is 12.0 Å². The number of rotatable bonds is 6. The molecule has 0 radical (unpaired) electrons. The Morgan fingerprint density at radius 1 is 1.33 bits per heavy atom. The summed E-state index contributed by atoms with van der Waals surface area (Å²) in [6.45, 7) is 7.25. The Kier molecular flexibility index (Phi) is 6.17. The van der Waals surface area contributed by atoms with Gasteiger partial charge in [0.25, 0.3) is 0 Å². The number of hydrogen-bond acceptors (Lipinski definition) is 3. The number of hydrogen-bond donors (Lipinski definition) is 3. The highest BCUT2D eigenvalue weighted by Crippen LogP contribution is 2.16. The van der Waals surface area contributed by atoms with Crippen LogP contribution in [0.5, 0.6) is 0 Å². The first-order valence-electron chi connectivity index (χ1n) is 6.90. The molecule has 0 aliphatic carbocycles. The quantitative estimate of drug-likeness (QED) is 0.750. The number of aryl methyl sites for hydroxylation is 1. The van der Waals surface area contributed by atoms with E-state index in [4.69, 9.17) is 5.11 Å². The highest BCUT2D eigenvalue weighted by atomic mass is 16.4. The van der Waals surface area contributed by atoms with Crippen LogP contribution in [-0.2, 0) is 0 Å². The van der Waals surface area contributed by atoms with Crippen molar-refractivity contribution in [1.82, 2.24) is 10.2 Å². The zero-order chi connectivity index (χ0) is 16.0. The molecule has 1 aromatic carbocycles. The summed E-state index contributed by atoms with van der Waals surface area (Å²) in [4.78, 5) is 24.8. The van der Waals surface area contributed by atoms with Crippen LogP contribution < -0.4 is 10.6 Å². The molecule has 2 amide bonds. The van der Waals surface area contributed by atoms with Gasteiger partial charge in [-0.15, -0.1) is 0 Å². The smallest absolute Gasteiger partial charge is 0.335 e. The number of nitrogens with one attached hydrogen (secondary N) is 2. The SMILES string of the molecule is Cc1cc(C(=O)O)ccc1NC(=O)NCCN(C)C(C)C. The summed E-state index contributed by atoms with van der Waals surface area (Å²) in [6, 6.07) is 4.74. The van der Waals surface area contributed by atoms with Gasteiger partial charge in [-0.2, -0.15) is 0 Å². The Hall–Kier alpha value is -2.08. The fraction of sp³-hybridized carbons (Fsp3) is 0.467. The number of amides is 2. The second-order valence-electron chi connectivity index (χ2n) is 5.29. The van der Waals surface area contributed by atoms with Gasteiger partial charge in [-0.1, -0.05) is 0 Å². The van der Waals surface area contributed by atoms with E-state index in [-0.39, 0.29) is 11.6 Å². The van der Waals surface area contributed by atoms with E-state index in [0.717, 1.165) is 6.54 Å². The molecule has 0 saturated carbocycles. The van der Waals surface area contributed by atoms with Crippen molar-refractivity contribution in [2.75, 3.05) is 25.5 Å². The number of nitrogens with zero attached hydrogens (tertiary/aromatic N) is 1. The van der Waals surface area contributed by atoms with Crippen molar-refractivity contribution in [3.8, 4) is 0 Å². The van der Waals surface area contributed by atoms with Gasteiger partial charge in [0.2, 0.25) is 0 Å². The van der Waals surface area contributed by atoms with Crippen molar-refractivity contribution < 1.29 is 14.7 Å². The molecule has 0 unspecified atom stereocenters. The van der Waals surface area contributed by atoms with Gasteiger partial charge < -0.3 is 20.6 Å². The molecule has 0 aliphatic rings. The second kappa shape index (κ2) is 7.64. The molecular formula is C15H23N3O3. The van der Waals surface area contributed by atoms with Crippen molar-refractivity contribution in [2.45, 2.75) is 26.8 Å². The lowest BCUT2D eigenvalue weighted by Crippen LogP contribution is -2.37. The molecule has 0 spiro atoms. The number of likely N-dealkylation sites (N-methyl/N-ethyl adjacent to an activating group) is 1. The highest BCUT2D eigenvalue weighted by Gasteiger charge is 2.08. The van der Waals surface area contributed by atoms with E-state index in [0.29, 0.717) is 23.8 Å². The molecule has 6 nitrogen and oxygen atoms in total. The van der Waals surface area contributed by atoms with Crippen molar-refractivity contribution in [3.63, 3.8) is 0 Å². The number of aromatic carboxylic acids is 1. The third-order valence-corrected chi connectivity index (χ3v) is 3.35. The van der Waals surface area contributed by atoms with Crippen LogP contribution in [0.2, 0.25) is 0 Å². The van der Waals surface area contributed by atoms with Crippen molar-refractivity contribution >= 4 is 17.7 Å². The van der Waals surface area contributed by atoms with Crippen LogP contribution in [0, 0.1) is 6.92 Å². The van der Waals surface area contributed by atoms with E-state index in [1.54, 1.807) is 13.0 Å². The van der Waals surface area contributed by atoms with Crippen molar-refractivity contribution in [1.29, 1.82) is 0 Å². The fourth-order valence-electron chi connectivity index (χ4n) is 1.71. The third kappa shape index (κ3) is 5.43. The molecule has 1 rings (SSSR count). The van der Waals surface area contributed by atoms with Gasteiger partial charge in [-0.05, 0) is 51.6 Å². The topological polar surface area (TPSA) is 81.7 Å². The number of benzene rings is 1. The van der Waals surface area contributed by atoms with Gasteiger partial charge in [-0.3, -0.25) is 0 Å². The molecule has 1 aromatic rings. The van der Waals surface area contributed by atoms with Crippen LogP contribution >= 0.6 is 0 Å². The van der Waals surface area contributed by atoms with Crippen molar-refractivity contribution in [2.24, 2.45) is 0 Å². The maximum absolute atomic E-state index is 11.8. The summed E-state index contributed by atoms with van der Waals surface area (Å²) in [7, 11) is 2.00. The summed E-state index contributed by atoms with van der Waals surface area (Å²) in [5.74, 6) is -0.981. The molecule has 6 heteroatoms. The first-order chi connectivity index (χ1) is 9.81. The minimum Gasteiger partial charge on any atom is -0.478 e. The Morgan fingerprint density at radius 3 is 2.52 bits per heavy atom. The second-order valence-corrected chi connectivity index (χ2v) is 5.29. The van der Waals surface area contributed by atoms with Crippen LogP contribution in [0.3, 0.4) is 0 Å². The van der Waals surface area contributed by atoms with Crippen LogP contribution in [0.4, 0.5) is 10.5 Å². The Bertz CT molecular complexity index is 515. The molecule has 3 N–H and O–H groups in total. The molecule has 0 aliphatic heterocycles. The Balaban J connectivity index is 2.50. The standard InChI is InChI=1S/C15H23N3O3/c1-10(2)18(4)8-7-16-15(21)17-13-6-5-12(14(19)20)9-11(13)3/h5-6,9-10H,7-8H2,1-4H3,(H,19,20)(H2,16,17,21). The van der Waals surface area contributed by atoms with E-state index in [2.05, 4.69) is 29.4 Å². The summed E-state index contributed by atoms with van der Waals surface area (Å²) in [5.41, 5.74) is 1.52. The van der Waals surface area contributed by atoms with E-state index < -0.39 is 5.97 Å². The van der Waals surface area contributed by atoms with Crippen LogP contribution in [0.1, 0.15) is 29.8 Å². The predicted octanol–water partition coefficient (Wildman–Crippen LogP) is 2.15. The number of carbonyl (C=O) groups excluding carboxylic acids is 1. The maximum atomic E-state index is 11.8. The number of carbonyl (C=O) groups is 2. The third-order valence-electron chi connectivity index (χ3n) is 3.35. The van der Waals surface area contributed by atoms with Gasteiger partial charge in [-0.25, -0.2) is 9.59 Å². The molecule has 0 heterocycles. The largest absolute Gasteiger partial charge is 0.478 e. The summed E-state index contributed by atoms with van der Waals surface area (Å²) >= 11 is 0. The first kappa shape index (κ1) is 17.0. The molecule has 0 fully saturated rings. The molecule has 0 aromatic heterocycles. The zero-order valence-corrected chi connectivity index (χ0v) is 12.9. The van der Waals surface area contributed by atoms with Crippen molar-refractivity contribution in [3.05, 3.63) is 29.3 Å². The molecule has 116 valence electrons. The average molecular weight is 293 g/mol. The molecule has 0 atom stereocenters. The normalized spacial score (nSPS) is 10.8. The Morgan fingerprint density at radius 2 is 2.00 bits per heavy atom. The minimum absolute atomic E-state index is 0.206. The molecule has 0 saturated heterocycles. The minimum atomic E-state index is -0.981. The average Bonchev–Trinajstić information content (AvgIpc) is 2.40. The monoisotopic (exact) mass is 293 g/mol. The Labute approximate surface area is 125 Å². The first-order valence-corrected chi connectivity index (χ1v) is 6.90. The lowest BCUT2D eigenvalue weighted by molar-refractivity contribution is 0.0697. The number of carboxylic acid groups (broad SMARTS) is 1. The van der Waals surface area contributed by atoms with E-state index >= 15 is 0 Å². The number of urea groups is 1. The molecule has 0 bridgehead atoms. The zero-order valence-electron chi connectivity index (χ0n) is 12.9. The maximum Gasteiger partial charge on any atom is 0.335 e. The van der Waals surface area contributed by atoms with Gasteiger partial charge in [0.05, 0.1) is 5.56 Å². The van der Waals surface area contributed by atoms with Crippen LogP contribution in [0.15, 0.2) is 18.2 Å². The predicted molar refractivity (Wildman–Crippen MR) is 82.9 cm³/mol. The van der Waals surface area contributed by atoms with Gasteiger partial charge in [0, 0.05) is 24.8 Å². The molecular weight excluding hydrogens is 270 g/mol. The lowest BCUT2D eigenvalue weighted by atomic mass is 10.1. The van der Waals surface area contributed by atoms with Crippen LogP contribution in [-0.4, -0.2) is 48.2 Å². The van der Waals surface area contributed by atoms with E-state index in [9.17, 15) is 9.59 Å². The number of anilines is 1.